The van der Waals surface area contributed by atoms with Crippen molar-refractivity contribution in [3.63, 3.8) is 0 Å². The van der Waals surface area contributed by atoms with E-state index in [0.717, 1.165) is 0 Å². The van der Waals surface area contributed by atoms with Crippen LogP contribution >= 0.6 is 0 Å². The third-order valence-electron chi connectivity index (χ3n) is 2.51. The second-order valence-corrected chi connectivity index (χ2v) is 10.3. The van der Waals surface area contributed by atoms with Gasteiger partial charge in [0.05, 0.1) is 72.7 Å². The molecule has 140 valence electrons. The molecule has 0 aromatic carbocycles. The third-order valence-corrected chi connectivity index (χ3v) is 3.58. The fourth-order valence-corrected chi connectivity index (χ4v) is 2.17. The van der Waals surface area contributed by atoms with E-state index in [4.69, 9.17) is 33.8 Å². The van der Waals surface area contributed by atoms with Gasteiger partial charge in [-0.3, -0.25) is 0 Å². The summed E-state index contributed by atoms with van der Waals surface area (Å²) in [6.07, 6.45) is 0. The predicted molar refractivity (Wildman–Crippen MR) is 92.4 cm³/mol. The summed E-state index contributed by atoms with van der Waals surface area (Å²) in [4.78, 5) is 0. The zero-order valence-corrected chi connectivity index (χ0v) is 16.0. The molecule has 0 atom stereocenters. The Labute approximate surface area is 141 Å². The van der Waals surface area contributed by atoms with Crippen molar-refractivity contribution in [2.45, 2.75) is 19.6 Å². The van der Waals surface area contributed by atoms with E-state index in [9.17, 15) is 0 Å². The topological polar surface area (TPSA) is 81.4 Å². The van der Waals surface area contributed by atoms with Crippen LogP contribution in [0.15, 0.2) is 0 Å². The maximum absolute atomic E-state index is 5.68. The van der Waals surface area contributed by atoms with Gasteiger partial charge in [-0.25, -0.2) is 0 Å². The Morgan fingerprint density at radius 1 is 0.522 bits per heavy atom. The molecule has 2 N–H and O–H groups in total. The van der Waals surface area contributed by atoms with Gasteiger partial charge in [-0.1, -0.05) is 0 Å². The zero-order valence-electron chi connectivity index (χ0n) is 15.0. The van der Waals surface area contributed by atoms with Crippen molar-refractivity contribution in [3.05, 3.63) is 0 Å². The lowest BCUT2D eigenvalue weighted by molar-refractivity contribution is -0.0124. The van der Waals surface area contributed by atoms with Crippen molar-refractivity contribution in [3.8, 4) is 0 Å². The van der Waals surface area contributed by atoms with E-state index >= 15 is 0 Å². The van der Waals surface area contributed by atoms with E-state index in [1.54, 1.807) is 0 Å². The van der Waals surface area contributed by atoms with Gasteiger partial charge in [-0.05, 0) is 19.6 Å². The first kappa shape index (κ1) is 22.9. The minimum Gasteiger partial charge on any atom is -0.415 e. The highest BCUT2D eigenvalue weighted by Crippen LogP contribution is 2.01. The molecule has 0 saturated heterocycles. The summed E-state index contributed by atoms with van der Waals surface area (Å²) >= 11 is 0. The van der Waals surface area contributed by atoms with Crippen LogP contribution in [-0.4, -0.2) is 87.5 Å². The summed E-state index contributed by atoms with van der Waals surface area (Å²) in [6, 6.07) is 0. The third kappa shape index (κ3) is 21.9. The van der Waals surface area contributed by atoms with Gasteiger partial charge in [0.2, 0.25) is 0 Å². The van der Waals surface area contributed by atoms with Crippen molar-refractivity contribution in [2.75, 3.05) is 79.2 Å². The van der Waals surface area contributed by atoms with Gasteiger partial charge in [0.1, 0.15) is 0 Å². The van der Waals surface area contributed by atoms with Crippen molar-refractivity contribution < 1.29 is 28.1 Å². The number of ether oxygens (including phenoxy) is 5. The summed E-state index contributed by atoms with van der Waals surface area (Å²) in [5, 5.41) is 0. The highest BCUT2D eigenvalue weighted by Gasteiger charge is 2.12. The molecule has 0 saturated carbocycles. The van der Waals surface area contributed by atoms with Crippen molar-refractivity contribution >= 4 is 8.32 Å². The molecular weight excluding hydrogens is 318 g/mol. The molecule has 0 spiro atoms. The van der Waals surface area contributed by atoms with Gasteiger partial charge < -0.3 is 33.8 Å². The second-order valence-electron chi connectivity index (χ2n) is 5.81. The van der Waals surface area contributed by atoms with Crippen LogP contribution < -0.4 is 5.73 Å². The molecule has 0 heterocycles. The van der Waals surface area contributed by atoms with Crippen molar-refractivity contribution in [1.82, 2.24) is 0 Å². The van der Waals surface area contributed by atoms with Crippen LogP contribution in [0, 0.1) is 0 Å². The Balaban J connectivity index is 3.00. The number of hydrogen-bond donors (Lipinski definition) is 1. The first-order valence-corrected chi connectivity index (χ1v) is 11.7. The molecule has 0 aromatic heterocycles. The Morgan fingerprint density at radius 3 is 1.13 bits per heavy atom. The van der Waals surface area contributed by atoms with Gasteiger partial charge >= 0.3 is 0 Å². The first-order valence-electron chi connectivity index (χ1n) is 8.29. The monoisotopic (exact) mass is 353 g/mol. The first-order chi connectivity index (χ1) is 11.1. The molecule has 0 unspecified atom stereocenters. The lowest BCUT2D eigenvalue weighted by atomic mass is 10.7. The highest BCUT2D eigenvalue weighted by atomic mass is 28.4. The van der Waals surface area contributed by atoms with Crippen LogP contribution in [0.4, 0.5) is 0 Å². The molecule has 7 nitrogen and oxygen atoms in total. The fraction of sp³-hybridized carbons (Fsp3) is 1.00. The zero-order chi connectivity index (χ0) is 17.2. The minimum atomic E-state index is -1.42. The normalized spacial score (nSPS) is 12.0. The van der Waals surface area contributed by atoms with Crippen LogP contribution in [0.3, 0.4) is 0 Å². The highest BCUT2D eigenvalue weighted by molar-refractivity contribution is 6.69. The fourth-order valence-electron chi connectivity index (χ4n) is 1.47. The average molecular weight is 354 g/mol. The van der Waals surface area contributed by atoms with E-state index in [1.165, 1.54) is 0 Å². The van der Waals surface area contributed by atoms with E-state index in [0.29, 0.717) is 79.2 Å². The predicted octanol–water partition coefficient (Wildman–Crippen LogP) is 0.880. The molecule has 0 aliphatic carbocycles. The molecule has 23 heavy (non-hydrogen) atoms. The van der Waals surface area contributed by atoms with Gasteiger partial charge in [0.15, 0.2) is 8.32 Å². The molecule has 8 heteroatoms. The lowest BCUT2D eigenvalue weighted by Gasteiger charge is -2.16. The standard InChI is InChI=1S/C15H35NO6Si/c1-23(2,3)22-15-14-21-13-12-20-11-10-19-9-8-18-7-6-17-5-4-16/h4-16H2,1-3H3. The van der Waals surface area contributed by atoms with E-state index in [2.05, 4.69) is 19.6 Å². The Kier molecular flexibility index (Phi) is 16.7. The molecule has 0 aromatic rings. The van der Waals surface area contributed by atoms with Gasteiger partial charge in [-0.2, -0.15) is 0 Å². The van der Waals surface area contributed by atoms with E-state index in [1.807, 2.05) is 0 Å². The van der Waals surface area contributed by atoms with Crippen LogP contribution in [0.25, 0.3) is 0 Å². The summed E-state index contributed by atoms with van der Waals surface area (Å²) in [6.45, 7) is 13.4. The van der Waals surface area contributed by atoms with Crippen molar-refractivity contribution in [1.29, 1.82) is 0 Å². The van der Waals surface area contributed by atoms with Crippen LogP contribution in [0.1, 0.15) is 0 Å². The summed E-state index contributed by atoms with van der Waals surface area (Å²) in [5.74, 6) is 0. The van der Waals surface area contributed by atoms with E-state index < -0.39 is 8.32 Å². The van der Waals surface area contributed by atoms with Gasteiger partial charge in [-0.15, -0.1) is 0 Å². The smallest absolute Gasteiger partial charge is 0.183 e. The minimum absolute atomic E-state index is 0.542. The SMILES string of the molecule is C[Si](C)(C)OCCOCCOCCOCCOCCOCCN. The second kappa shape index (κ2) is 16.8. The largest absolute Gasteiger partial charge is 0.415 e. The summed E-state index contributed by atoms with van der Waals surface area (Å²) in [7, 11) is -1.42. The van der Waals surface area contributed by atoms with Gasteiger partial charge in [0, 0.05) is 6.54 Å². The Bertz CT molecular complexity index is 240. The summed E-state index contributed by atoms with van der Waals surface area (Å²) in [5.41, 5.74) is 5.30. The molecule has 0 amide bonds. The molecule has 0 radical (unpaired) electrons. The van der Waals surface area contributed by atoms with Gasteiger partial charge in [0.25, 0.3) is 0 Å². The quantitative estimate of drug-likeness (QED) is 0.289. The maximum atomic E-state index is 5.68. The maximum Gasteiger partial charge on any atom is 0.183 e. The molecular formula is C15H35NO6Si. The van der Waals surface area contributed by atoms with E-state index in [-0.39, 0.29) is 0 Å². The van der Waals surface area contributed by atoms with Crippen molar-refractivity contribution in [2.24, 2.45) is 5.73 Å². The average Bonchev–Trinajstić information content (AvgIpc) is 2.49. The number of nitrogens with two attached hydrogens (primary N) is 1. The molecule has 0 aliphatic heterocycles. The molecule has 0 rings (SSSR count). The molecule has 0 aliphatic rings. The lowest BCUT2D eigenvalue weighted by Crippen LogP contribution is -2.27. The Morgan fingerprint density at radius 2 is 0.826 bits per heavy atom. The Hall–Kier alpha value is -0.0631. The molecule has 0 fully saturated rings. The van der Waals surface area contributed by atoms with Crippen LogP contribution in [0.2, 0.25) is 19.6 Å². The van der Waals surface area contributed by atoms with Crippen LogP contribution in [-0.2, 0) is 28.1 Å². The summed E-state index contributed by atoms with van der Waals surface area (Å²) < 4.78 is 32.4. The number of hydrogen-bond acceptors (Lipinski definition) is 7. The van der Waals surface area contributed by atoms with Crippen LogP contribution in [0.5, 0.6) is 0 Å². The number of rotatable bonds is 18. The molecule has 0 bridgehead atoms.